The van der Waals surface area contributed by atoms with E-state index in [0.717, 1.165) is 16.6 Å². The third kappa shape index (κ3) is 3.38. The summed E-state index contributed by atoms with van der Waals surface area (Å²) >= 11 is 6.24. The van der Waals surface area contributed by atoms with Crippen LogP contribution in [0.2, 0.25) is 5.02 Å². The maximum absolute atomic E-state index is 6.24. The Balaban J connectivity index is 1.93. The summed E-state index contributed by atoms with van der Waals surface area (Å²) in [6, 6.07) is 6.86. The van der Waals surface area contributed by atoms with Gasteiger partial charge in [0.25, 0.3) is 0 Å². The highest BCUT2D eigenvalue weighted by molar-refractivity contribution is 6.33. The fourth-order valence-electron chi connectivity index (χ4n) is 2.67. The lowest BCUT2D eigenvalue weighted by molar-refractivity contribution is 0.330. The molecule has 0 saturated heterocycles. The van der Waals surface area contributed by atoms with Gasteiger partial charge in [-0.05, 0) is 56.2 Å². The van der Waals surface area contributed by atoms with Crippen LogP contribution in [0.5, 0.6) is 0 Å². The first-order valence-electron chi connectivity index (χ1n) is 6.71. The number of benzene rings is 1. The molecular weight excluding hydrogens is 230 g/mol. The molecule has 2 rings (SSSR count). The molecule has 0 amide bonds. The molecule has 0 aliphatic heterocycles. The summed E-state index contributed by atoms with van der Waals surface area (Å²) in [4.78, 5) is 0. The fourth-order valence-corrected chi connectivity index (χ4v) is 2.96. The second kappa shape index (κ2) is 5.77. The molecule has 0 atom stereocenters. The predicted molar refractivity (Wildman–Crippen MR) is 75.8 cm³/mol. The van der Waals surface area contributed by atoms with Crippen LogP contribution >= 0.6 is 11.6 Å². The number of rotatable bonds is 3. The van der Waals surface area contributed by atoms with Crippen molar-refractivity contribution in [3.63, 3.8) is 0 Å². The first-order chi connectivity index (χ1) is 8.19. The average Bonchev–Trinajstić information content (AvgIpc) is 2.34. The van der Waals surface area contributed by atoms with Crippen LogP contribution < -0.4 is 5.32 Å². The van der Waals surface area contributed by atoms with Crippen molar-refractivity contribution >= 4 is 17.3 Å². The van der Waals surface area contributed by atoms with Gasteiger partial charge in [0.2, 0.25) is 0 Å². The summed E-state index contributed by atoms with van der Waals surface area (Å²) in [5, 5.41) is 4.44. The Labute approximate surface area is 110 Å². The minimum Gasteiger partial charge on any atom is -0.381 e. The molecule has 1 aromatic carbocycles. The number of anilines is 1. The Bertz CT molecular complexity index is 367. The molecule has 1 fully saturated rings. The SMILES string of the molecule is CCC1CCC(Nc2ccc(C)cc2Cl)CC1. The van der Waals surface area contributed by atoms with Crippen molar-refractivity contribution in [1.82, 2.24) is 0 Å². The van der Waals surface area contributed by atoms with Gasteiger partial charge in [0.15, 0.2) is 0 Å². The number of aryl methyl sites for hydroxylation is 1. The van der Waals surface area contributed by atoms with E-state index in [2.05, 4.69) is 31.3 Å². The minimum absolute atomic E-state index is 0.609. The first-order valence-corrected chi connectivity index (χ1v) is 7.09. The van der Waals surface area contributed by atoms with Gasteiger partial charge < -0.3 is 5.32 Å². The van der Waals surface area contributed by atoms with E-state index in [-0.39, 0.29) is 0 Å². The number of halogens is 1. The molecule has 1 nitrogen and oxygen atoms in total. The molecule has 1 aliphatic carbocycles. The Morgan fingerprint density at radius 1 is 1.24 bits per heavy atom. The van der Waals surface area contributed by atoms with Crippen molar-refractivity contribution in [3.05, 3.63) is 28.8 Å². The van der Waals surface area contributed by atoms with Gasteiger partial charge in [0, 0.05) is 6.04 Å². The number of nitrogens with one attached hydrogen (secondary N) is 1. The van der Waals surface area contributed by atoms with Crippen molar-refractivity contribution in [2.45, 2.75) is 52.0 Å². The minimum atomic E-state index is 0.609. The maximum atomic E-state index is 6.24. The van der Waals surface area contributed by atoms with Crippen molar-refractivity contribution in [2.24, 2.45) is 5.92 Å². The molecule has 1 N–H and O–H groups in total. The topological polar surface area (TPSA) is 12.0 Å². The van der Waals surface area contributed by atoms with Crippen LogP contribution in [0, 0.1) is 12.8 Å². The Hall–Kier alpha value is -0.690. The third-order valence-corrected chi connectivity index (χ3v) is 4.22. The van der Waals surface area contributed by atoms with Crippen LogP contribution in [-0.4, -0.2) is 6.04 Å². The van der Waals surface area contributed by atoms with Crippen LogP contribution in [0.4, 0.5) is 5.69 Å². The number of hydrogen-bond donors (Lipinski definition) is 1. The van der Waals surface area contributed by atoms with Gasteiger partial charge in [-0.25, -0.2) is 0 Å². The molecule has 0 heterocycles. The van der Waals surface area contributed by atoms with Crippen LogP contribution in [0.3, 0.4) is 0 Å². The van der Waals surface area contributed by atoms with Crippen molar-refractivity contribution in [3.8, 4) is 0 Å². The van der Waals surface area contributed by atoms with Crippen molar-refractivity contribution < 1.29 is 0 Å². The number of hydrogen-bond acceptors (Lipinski definition) is 1. The summed E-state index contributed by atoms with van der Waals surface area (Å²) in [7, 11) is 0. The van der Waals surface area contributed by atoms with Gasteiger partial charge >= 0.3 is 0 Å². The van der Waals surface area contributed by atoms with Crippen molar-refractivity contribution in [1.29, 1.82) is 0 Å². The van der Waals surface area contributed by atoms with Crippen LogP contribution in [0.25, 0.3) is 0 Å². The Morgan fingerprint density at radius 2 is 1.94 bits per heavy atom. The molecule has 0 radical (unpaired) electrons. The summed E-state index contributed by atoms with van der Waals surface area (Å²) in [6.45, 7) is 4.37. The highest BCUT2D eigenvalue weighted by Crippen LogP contribution is 2.30. The second-order valence-corrected chi connectivity index (χ2v) is 5.66. The van der Waals surface area contributed by atoms with Gasteiger partial charge in [-0.3, -0.25) is 0 Å². The van der Waals surface area contributed by atoms with Crippen LogP contribution in [0.1, 0.15) is 44.6 Å². The zero-order chi connectivity index (χ0) is 12.3. The van der Waals surface area contributed by atoms with E-state index in [9.17, 15) is 0 Å². The molecule has 1 aromatic rings. The lowest BCUT2D eigenvalue weighted by Crippen LogP contribution is -2.25. The molecule has 17 heavy (non-hydrogen) atoms. The zero-order valence-electron chi connectivity index (χ0n) is 10.8. The van der Waals surface area contributed by atoms with E-state index in [1.54, 1.807) is 0 Å². The maximum Gasteiger partial charge on any atom is 0.0640 e. The molecule has 0 spiro atoms. The molecule has 0 aromatic heterocycles. The smallest absolute Gasteiger partial charge is 0.0640 e. The fraction of sp³-hybridized carbons (Fsp3) is 0.600. The van der Waals surface area contributed by atoms with E-state index in [1.807, 2.05) is 6.07 Å². The first kappa shape index (κ1) is 12.8. The van der Waals surface area contributed by atoms with E-state index in [0.29, 0.717) is 6.04 Å². The summed E-state index contributed by atoms with van der Waals surface area (Å²) < 4.78 is 0. The van der Waals surface area contributed by atoms with Crippen LogP contribution in [-0.2, 0) is 0 Å². The molecule has 2 heteroatoms. The highest BCUT2D eigenvalue weighted by atomic mass is 35.5. The molecule has 0 bridgehead atoms. The third-order valence-electron chi connectivity index (χ3n) is 3.91. The molecule has 1 aliphatic rings. The summed E-state index contributed by atoms with van der Waals surface area (Å²) in [5.74, 6) is 0.946. The van der Waals surface area contributed by atoms with Crippen LogP contribution in [0.15, 0.2) is 18.2 Å². The van der Waals surface area contributed by atoms with Gasteiger partial charge in [0.1, 0.15) is 0 Å². The lowest BCUT2D eigenvalue weighted by Gasteiger charge is -2.29. The normalized spacial score (nSPS) is 24.6. The van der Waals surface area contributed by atoms with E-state index in [4.69, 9.17) is 11.6 Å². The second-order valence-electron chi connectivity index (χ2n) is 5.25. The Kier molecular flexibility index (Phi) is 4.33. The van der Waals surface area contributed by atoms with Gasteiger partial charge in [-0.2, -0.15) is 0 Å². The average molecular weight is 252 g/mol. The lowest BCUT2D eigenvalue weighted by atomic mass is 9.84. The molecule has 1 saturated carbocycles. The monoisotopic (exact) mass is 251 g/mol. The van der Waals surface area contributed by atoms with E-state index >= 15 is 0 Å². The highest BCUT2D eigenvalue weighted by Gasteiger charge is 2.20. The zero-order valence-corrected chi connectivity index (χ0v) is 11.6. The Morgan fingerprint density at radius 3 is 2.53 bits per heavy atom. The van der Waals surface area contributed by atoms with Gasteiger partial charge in [-0.15, -0.1) is 0 Å². The van der Waals surface area contributed by atoms with Gasteiger partial charge in [-0.1, -0.05) is 31.0 Å². The quantitative estimate of drug-likeness (QED) is 0.795. The largest absolute Gasteiger partial charge is 0.381 e. The molecular formula is C15H22ClN. The molecule has 94 valence electrons. The van der Waals surface area contributed by atoms with E-state index < -0.39 is 0 Å². The van der Waals surface area contributed by atoms with E-state index in [1.165, 1.54) is 37.7 Å². The molecule has 0 unspecified atom stereocenters. The standard InChI is InChI=1S/C15H22ClN/c1-3-12-5-7-13(8-6-12)17-15-9-4-11(2)10-14(15)16/h4,9-10,12-13,17H,3,5-8H2,1-2H3. The predicted octanol–water partition coefficient (Wildman–Crippen LogP) is 5.03. The van der Waals surface area contributed by atoms with Crippen molar-refractivity contribution in [2.75, 3.05) is 5.32 Å². The van der Waals surface area contributed by atoms with Gasteiger partial charge in [0.05, 0.1) is 10.7 Å². The summed E-state index contributed by atoms with van der Waals surface area (Å²) in [6.07, 6.45) is 6.61. The summed E-state index contributed by atoms with van der Waals surface area (Å²) in [5.41, 5.74) is 2.31.